The fourth-order valence-corrected chi connectivity index (χ4v) is 3.66. The Labute approximate surface area is 167 Å². The number of ether oxygens (including phenoxy) is 2. The molecular weight excluding hydrogens is 352 g/mol. The smallest absolute Gasteiger partial charge is 0.324 e. The highest BCUT2D eigenvalue weighted by Crippen LogP contribution is 2.65. The molecule has 0 heterocycles. The lowest BCUT2D eigenvalue weighted by Crippen LogP contribution is -2.32. The Kier molecular flexibility index (Phi) is 7.56. The monoisotopic (exact) mass is 380 g/mol. The third kappa shape index (κ3) is 4.33. The molecule has 1 saturated carbocycles. The second-order valence-electron chi connectivity index (χ2n) is 6.67. The highest BCUT2D eigenvalue weighted by Gasteiger charge is 2.74. The van der Waals surface area contributed by atoms with Gasteiger partial charge in [-0.3, -0.25) is 9.59 Å². The van der Waals surface area contributed by atoms with Crippen molar-refractivity contribution in [1.82, 2.24) is 0 Å². The summed E-state index contributed by atoms with van der Waals surface area (Å²) in [6.07, 6.45) is 4.12. The zero-order valence-corrected chi connectivity index (χ0v) is 16.9. The lowest BCUT2D eigenvalue weighted by Gasteiger charge is -2.14. The Morgan fingerprint density at radius 1 is 1.00 bits per heavy atom. The Bertz CT molecular complexity index is 798. The number of hydrogen-bond donors (Lipinski definition) is 0. The molecule has 0 saturated heterocycles. The van der Waals surface area contributed by atoms with Gasteiger partial charge in [0.2, 0.25) is 0 Å². The van der Waals surface area contributed by atoms with Crippen LogP contribution in [0.25, 0.3) is 6.08 Å². The Balaban J connectivity index is 0.000000261. The van der Waals surface area contributed by atoms with E-state index in [-0.39, 0.29) is 18.4 Å². The third-order valence-electron chi connectivity index (χ3n) is 5.05. The maximum Gasteiger partial charge on any atom is 0.324 e. The van der Waals surface area contributed by atoms with Gasteiger partial charge in [-0.05, 0) is 30.9 Å². The molecule has 1 aliphatic carbocycles. The van der Waals surface area contributed by atoms with Gasteiger partial charge in [0.05, 0.1) is 13.7 Å². The number of methoxy groups -OCH3 is 1. The largest absolute Gasteiger partial charge is 0.468 e. The molecule has 0 spiro atoms. The summed E-state index contributed by atoms with van der Waals surface area (Å²) in [4.78, 5) is 24.3. The highest BCUT2D eigenvalue weighted by molar-refractivity contribution is 6.05. The first-order valence-corrected chi connectivity index (χ1v) is 9.52. The van der Waals surface area contributed by atoms with Gasteiger partial charge < -0.3 is 9.47 Å². The molecule has 4 nitrogen and oxygen atoms in total. The van der Waals surface area contributed by atoms with E-state index in [0.717, 1.165) is 5.56 Å². The van der Waals surface area contributed by atoms with E-state index in [1.54, 1.807) is 6.92 Å². The summed E-state index contributed by atoms with van der Waals surface area (Å²) in [5.74, 6) is -1.27. The van der Waals surface area contributed by atoms with Crippen molar-refractivity contribution in [2.75, 3.05) is 13.7 Å². The van der Waals surface area contributed by atoms with Crippen LogP contribution in [-0.2, 0) is 19.1 Å². The van der Waals surface area contributed by atoms with Gasteiger partial charge in [-0.2, -0.15) is 0 Å². The fraction of sp³-hybridized carbons (Fsp3) is 0.333. The number of carbonyl (C=O) groups excluding carboxylic acids is 2. The number of carbonyl (C=O) groups is 2. The molecule has 1 aliphatic rings. The van der Waals surface area contributed by atoms with Gasteiger partial charge in [-0.25, -0.2) is 0 Å². The topological polar surface area (TPSA) is 52.6 Å². The summed E-state index contributed by atoms with van der Waals surface area (Å²) in [6.45, 7) is 5.89. The van der Waals surface area contributed by atoms with E-state index >= 15 is 0 Å². The summed E-state index contributed by atoms with van der Waals surface area (Å²) >= 11 is 0. The molecule has 0 aromatic heterocycles. The van der Waals surface area contributed by atoms with Crippen LogP contribution in [0.1, 0.15) is 37.8 Å². The van der Waals surface area contributed by atoms with Crippen LogP contribution in [0.5, 0.6) is 0 Å². The standard InChI is InChI=1S/C15H18O4.C9H10/c1-4-19-14(17)15(13(16)18-3)10(2)12(15)11-8-6-5-7-9-11;1-2-6-9-7-4-3-5-8-9/h5-10,12H,4H2,1-3H3;2-8H,1H3/b;6-2-. The summed E-state index contributed by atoms with van der Waals surface area (Å²) in [6, 6.07) is 19.8. The molecule has 3 rings (SSSR count). The SMILES string of the molecule is C/C=C\c1ccccc1.CCOC(=O)C1(C(=O)OC)C(C)C1c1ccccc1. The summed E-state index contributed by atoms with van der Waals surface area (Å²) in [5, 5.41) is 0. The van der Waals surface area contributed by atoms with Gasteiger partial charge in [0, 0.05) is 5.92 Å². The van der Waals surface area contributed by atoms with Crippen LogP contribution in [0.2, 0.25) is 0 Å². The molecule has 2 aromatic rings. The molecule has 3 unspecified atom stereocenters. The fourth-order valence-electron chi connectivity index (χ4n) is 3.66. The lowest BCUT2D eigenvalue weighted by atomic mass is 9.99. The maximum absolute atomic E-state index is 12.2. The molecule has 1 fully saturated rings. The molecule has 3 atom stereocenters. The van der Waals surface area contributed by atoms with Gasteiger partial charge in [0.1, 0.15) is 0 Å². The first-order valence-electron chi connectivity index (χ1n) is 9.52. The molecule has 0 bridgehead atoms. The highest BCUT2D eigenvalue weighted by atomic mass is 16.6. The van der Waals surface area contributed by atoms with Crippen LogP contribution in [0.4, 0.5) is 0 Å². The van der Waals surface area contributed by atoms with Crippen LogP contribution in [0, 0.1) is 11.3 Å². The molecule has 0 amide bonds. The average Bonchev–Trinajstić information content (AvgIpc) is 3.36. The number of benzene rings is 2. The van der Waals surface area contributed by atoms with E-state index in [1.165, 1.54) is 12.7 Å². The Hall–Kier alpha value is -2.88. The number of hydrogen-bond acceptors (Lipinski definition) is 4. The minimum atomic E-state index is -1.17. The molecule has 4 heteroatoms. The van der Waals surface area contributed by atoms with E-state index in [1.807, 2.05) is 68.5 Å². The molecular formula is C24H28O4. The molecule has 0 radical (unpaired) electrons. The van der Waals surface area contributed by atoms with E-state index in [4.69, 9.17) is 9.47 Å². The predicted molar refractivity (Wildman–Crippen MR) is 111 cm³/mol. The van der Waals surface area contributed by atoms with E-state index < -0.39 is 17.4 Å². The van der Waals surface area contributed by atoms with Crippen molar-refractivity contribution in [3.05, 3.63) is 77.9 Å². The van der Waals surface area contributed by atoms with Crippen LogP contribution in [0.15, 0.2) is 66.7 Å². The molecule has 0 aliphatic heterocycles. The molecule has 28 heavy (non-hydrogen) atoms. The van der Waals surface area contributed by atoms with Crippen molar-refractivity contribution in [1.29, 1.82) is 0 Å². The zero-order valence-electron chi connectivity index (χ0n) is 16.9. The van der Waals surface area contributed by atoms with E-state index in [9.17, 15) is 9.59 Å². The first-order chi connectivity index (χ1) is 13.5. The third-order valence-corrected chi connectivity index (χ3v) is 5.05. The maximum atomic E-state index is 12.2. The van der Waals surface area contributed by atoms with Crippen LogP contribution in [0.3, 0.4) is 0 Å². The quantitative estimate of drug-likeness (QED) is 0.549. The van der Waals surface area contributed by atoms with Crippen molar-refractivity contribution < 1.29 is 19.1 Å². The van der Waals surface area contributed by atoms with E-state index in [2.05, 4.69) is 18.2 Å². The number of rotatable bonds is 5. The van der Waals surface area contributed by atoms with Gasteiger partial charge in [-0.15, -0.1) is 0 Å². The van der Waals surface area contributed by atoms with Crippen molar-refractivity contribution in [3.8, 4) is 0 Å². The van der Waals surface area contributed by atoms with Crippen LogP contribution >= 0.6 is 0 Å². The van der Waals surface area contributed by atoms with Crippen molar-refractivity contribution in [2.45, 2.75) is 26.7 Å². The van der Waals surface area contributed by atoms with Gasteiger partial charge in [0.25, 0.3) is 0 Å². The minimum absolute atomic E-state index is 0.110. The minimum Gasteiger partial charge on any atom is -0.468 e. The molecule has 148 valence electrons. The number of allylic oxidation sites excluding steroid dienone is 1. The first kappa shape index (κ1) is 21.4. The average molecular weight is 380 g/mol. The second kappa shape index (κ2) is 9.88. The van der Waals surface area contributed by atoms with Gasteiger partial charge >= 0.3 is 11.9 Å². The molecule has 0 N–H and O–H groups in total. The van der Waals surface area contributed by atoms with Crippen LogP contribution < -0.4 is 0 Å². The van der Waals surface area contributed by atoms with Gasteiger partial charge in [0.15, 0.2) is 5.41 Å². The summed E-state index contributed by atoms with van der Waals surface area (Å²) < 4.78 is 9.90. The molecule has 2 aromatic carbocycles. The normalized spacial score (nSPS) is 22.7. The number of esters is 2. The predicted octanol–water partition coefficient (Wildman–Crippen LogP) is 4.86. The van der Waals surface area contributed by atoms with Crippen LogP contribution in [-0.4, -0.2) is 25.7 Å². The Morgan fingerprint density at radius 2 is 1.57 bits per heavy atom. The second-order valence-corrected chi connectivity index (χ2v) is 6.67. The summed E-state index contributed by atoms with van der Waals surface area (Å²) in [5.41, 5.74) is 1.06. The van der Waals surface area contributed by atoms with Gasteiger partial charge in [-0.1, -0.05) is 79.7 Å². The van der Waals surface area contributed by atoms with E-state index in [0.29, 0.717) is 0 Å². The zero-order chi connectivity index (χ0) is 20.6. The van der Waals surface area contributed by atoms with Crippen molar-refractivity contribution in [3.63, 3.8) is 0 Å². The lowest BCUT2D eigenvalue weighted by molar-refractivity contribution is -0.163. The summed E-state index contributed by atoms with van der Waals surface area (Å²) in [7, 11) is 1.30. The Morgan fingerprint density at radius 3 is 2.07 bits per heavy atom. The van der Waals surface area contributed by atoms with Crippen molar-refractivity contribution >= 4 is 18.0 Å². The van der Waals surface area contributed by atoms with Crippen molar-refractivity contribution in [2.24, 2.45) is 11.3 Å².